The van der Waals surface area contributed by atoms with E-state index in [1.807, 2.05) is 35.9 Å². The lowest BCUT2D eigenvalue weighted by Gasteiger charge is -2.11. The SMILES string of the molecule is Cc1cc(C)n(Cc2cccc(NC(=S)NCc3ccco3)c2)n1. The van der Waals surface area contributed by atoms with E-state index in [4.69, 9.17) is 16.6 Å². The van der Waals surface area contributed by atoms with Gasteiger partial charge in [0.15, 0.2) is 5.11 Å². The van der Waals surface area contributed by atoms with Crippen LogP contribution in [0.2, 0.25) is 0 Å². The van der Waals surface area contributed by atoms with Crippen molar-refractivity contribution in [2.24, 2.45) is 0 Å². The number of nitrogens with zero attached hydrogens (tertiary/aromatic N) is 2. The van der Waals surface area contributed by atoms with Crippen LogP contribution in [0.4, 0.5) is 5.69 Å². The molecule has 0 radical (unpaired) electrons. The molecule has 0 amide bonds. The lowest BCUT2D eigenvalue weighted by Crippen LogP contribution is -2.27. The molecule has 5 nitrogen and oxygen atoms in total. The molecule has 2 N–H and O–H groups in total. The number of aromatic nitrogens is 2. The minimum absolute atomic E-state index is 0.560. The summed E-state index contributed by atoms with van der Waals surface area (Å²) in [6.45, 7) is 5.37. The molecule has 24 heavy (non-hydrogen) atoms. The van der Waals surface area contributed by atoms with Crippen LogP contribution in [-0.4, -0.2) is 14.9 Å². The topological polar surface area (TPSA) is 55.0 Å². The molecule has 0 atom stereocenters. The number of hydrogen-bond acceptors (Lipinski definition) is 3. The van der Waals surface area contributed by atoms with Gasteiger partial charge in [-0.25, -0.2) is 0 Å². The molecule has 3 aromatic rings. The first-order chi connectivity index (χ1) is 11.6. The molecule has 0 saturated heterocycles. The lowest BCUT2D eigenvalue weighted by atomic mass is 10.2. The molecular formula is C18H20N4OS. The predicted molar refractivity (Wildman–Crippen MR) is 99.0 cm³/mol. The molecule has 0 saturated carbocycles. The first-order valence-electron chi connectivity index (χ1n) is 7.77. The number of aryl methyl sites for hydroxylation is 2. The third kappa shape index (κ3) is 4.23. The Morgan fingerprint density at radius 3 is 2.79 bits per heavy atom. The van der Waals surface area contributed by atoms with E-state index in [1.54, 1.807) is 6.26 Å². The number of hydrogen-bond donors (Lipinski definition) is 2. The highest BCUT2D eigenvalue weighted by molar-refractivity contribution is 7.80. The van der Waals surface area contributed by atoms with Gasteiger partial charge in [0.25, 0.3) is 0 Å². The maximum absolute atomic E-state index is 5.32. The van der Waals surface area contributed by atoms with E-state index in [2.05, 4.69) is 40.9 Å². The van der Waals surface area contributed by atoms with Gasteiger partial charge in [-0.3, -0.25) is 4.68 Å². The van der Waals surface area contributed by atoms with Gasteiger partial charge in [0.05, 0.1) is 25.0 Å². The molecule has 6 heteroatoms. The molecule has 0 spiro atoms. The van der Waals surface area contributed by atoms with Crippen LogP contribution in [-0.2, 0) is 13.1 Å². The fourth-order valence-electron chi connectivity index (χ4n) is 2.51. The van der Waals surface area contributed by atoms with Gasteiger partial charge in [0.1, 0.15) is 5.76 Å². The standard InChI is InChI=1S/C18H20N4OS/c1-13-9-14(2)22(21-13)12-15-5-3-6-16(10-15)20-18(24)19-11-17-7-4-8-23-17/h3-10H,11-12H2,1-2H3,(H2,19,20,24). The van der Waals surface area contributed by atoms with Crippen molar-refractivity contribution in [3.8, 4) is 0 Å². The Hall–Kier alpha value is -2.60. The zero-order valence-electron chi connectivity index (χ0n) is 13.7. The molecule has 2 aromatic heterocycles. The highest BCUT2D eigenvalue weighted by atomic mass is 32.1. The number of rotatable bonds is 5. The van der Waals surface area contributed by atoms with Crippen molar-refractivity contribution in [2.75, 3.05) is 5.32 Å². The largest absolute Gasteiger partial charge is 0.467 e. The highest BCUT2D eigenvalue weighted by Crippen LogP contribution is 2.13. The normalized spacial score (nSPS) is 10.6. The Labute approximate surface area is 146 Å². The molecule has 1 aromatic carbocycles. The highest BCUT2D eigenvalue weighted by Gasteiger charge is 2.04. The Kier molecular flexibility index (Phi) is 4.96. The fourth-order valence-corrected chi connectivity index (χ4v) is 2.70. The average Bonchev–Trinajstić information content (AvgIpc) is 3.16. The van der Waals surface area contributed by atoms with Gasteiger partial charge in [0, 0.05) is 11.4 Å². The summed E-state index contributed by atoms with van der Waals surface area (Å²) >= 11 is 5.32. The second kappa shape index (κ2) is 7.31. The van der Waals surface area contributed by atoms with Gasteiger partial charge in [-0.15, -0.1) is 0 Å². The van der Waals surface area contributed by atoms with Gasteiger partial charge in [0.2, 0.25) is 0 Å². The molecular weight excluding hydrogens is 320 g/mol. The van der Waals surface area contributed by atoms with Crippen LogP contribution in [0, 0.1) is 13.8 Å². The molecule has 0 unspecified atom stereocenters. The van der Waals surface area contributed by atoms with E-state index in [0.717, 1.165) is 29.4 Å². The molecule has 0 aliphatic carbocycles. The number of thiocarbonyl (C=S) groups is 1. The summed E-state index contributed by atoms with van der Waals surface area (Å²) in [4.78, 5) is 0. The number of anilines is 1. The molecule has 0 aliphatic rings. The van der Waals surface area contributed by atoms with Crippen molar-refractivity contribution in [1.82, 2.24) is 15.1 Å². The van der Waals surface area contributed by atoms with Gasteiger partial charge < -0.3 is 15.1 Å². The van der Waals surface area contributed by atoms with Crippen molar-refractivity contribution in [3.63, 3.8) is 0 Å². The van der Waals surface area contributed by atoms with Crippen LogP contribution >= 0.6 is 12.2 Å². The Bertz CT molecular complexity index is 823. The number of nitrogens with one attached hydrogen (secondary N) is 2. The second-order valence-corrected chi connectivity index (χ2v) is 6.08. The Morgan fingerprint density at radius 1 is 1.21 bits per heavy atom. The van der Waals surface area contributed by atoms with Crippen molar-refractivity contribution in [2.45, 2.75) is 26.9 Å². The summed E-state index contributed by atoms with van der Waals surface area (Å²) in [6, 6.07) is 14.0. The minimum Gasteiger partial charge on any atom is -0.467 e. The van der Waals surface area contributed by atoms with E-state index < -0.39 is 0 Å². The monoisotopic (exact) mass is 340 g/mol. The van der Waals surface area contributed by atoms with Gasteiger partial charge in [-0.05, 0) is 62.0 Å². The van der Waals surface area contributed by atoms with E-state index in [9.17, 15) is 0 Å². The summed E-state index contributed by atoms with van der Waals surface area (Å²) < 4.78 is 7.28. The summed E-state index contributed by atoms with van der Waals surface area (Å²) in [7, 11) is 0. The minimum atomic E-state index is 0.560. The molecule has 3 rings (SSSR count). The van der Waals surface area contributed by atoms with Gasteiger partial charge in [-0.1, -0.05) is 12.1 Å². The Balaban J connectivity index is 1.60. The Morgan fingerprint density at radius 2 is 2.08 bits per heavy atom. The van der Waals surface area contributed by atoms with E-state index in [1.165, 1.54) is 5.56 Å². The van der Waals surface area contributed by atoms with Gasteiger partial charge in [-0.2, -0.15) is 5.10 Å². The smallest absolute Gasteiger partial charge is 0.171 e. The lowest BCUT2D eigenvalue weighted by molar-refractivity contribution is 0.503. The van der Waals surface area contributed by atoms with Crippen molar-refractivity contribution in [3.05, 3.63) is 71.4 Å². The summed E-state index contributed by atoms with van der Waals surface area (Å²) in [5.41, 5.74) is 4.30. The maximum Gasteiger partial charge on any atom is 0.171 e. The zero-order valence-corrected chi connectivity index (χ0v) is 14.6. The van der Waals surface area contributed by atoms with Crippen molar-refractivity contribution < 1.29 is 4.42 Å². The van der Waals surface area contributed by atoms with Crippen LogP contribution in [0.1, 0.15) is 22.7 Å². The molecule has 0 aliphatic heterocycles. The third-order valence-electron chi connectivity index (χ3n) is 3.62. The maximum atomic E-state index is 5.32. The van der Waals surface area contributed by atoms with E-state index in [0.29, 0.717) is 11.7 Å². The third-order valence-corrected chi connectivity index (χ3v) is 3.87. The first kappa shape index (κ1) is 16.3. The van der Waals surface area contributed by atoms with Crippen molar-refractivity contribution >= 4 is 23.0 Å². The van der Waals surface area contributed by atoms with Crippen LogP contribution in [0.5, 0.6) is 0 Å². The molecule has 124 valence electrons. The quantitative estimate of drug-likeness (QED) is 0.695. The molecule has 2 heterocycles. The molecule has 0 fully saturated rings. The fraction of sp³-hybridized carbons (Fsp3) is 0.222. The number of furan rings is 1. The van der Waals surface area contributed by atoms with Crippen molar-refractivity contribution in [1.29, 1.82) is 0 Å². The van der Waals surface area contributed by atoms with Crippen LogP contribution < -0.4 is 10.6 Å². The summed E-state index contributed by atoms with van der Waals surface area (Å²) in [5.74, 6) is 0.845. The molecule has 0 bridgehead atoms. The van der Waals surface area contributed by atoms with Gasteiger partial charge >= 0.3 is 0 Å². The average molecular weight is 340 g/mol. The summed E-state index contributed by atoms with van der Waals surface area (Å²) in [5, 5.41) is 11.4. The van der Waals surface area contributed by atoms with Crippen LogP contribution in [0.3, 0.4) is 0 Å². The van der Waals surface area contributed by atoms with E-state index in [-0.39, 0.29) is 0 Å². The first-order valence-corrected chi connectivity index (χ1v) is 8.18. The number of benzene rings is 1. The second-order valence-electron chi connectivity index (χ2n) is 5.67. The zero-order chi connectivity index (χ0) is 16.9. The summed E-state index contributed by atoms with van der Waals surface area (Å²) in [6.07, 6.45) is 1.65. The van der Waals surface area contributed by atoms with E-state index >= 15 is 0 Å². The van der Waals surface area contributed by atoms with Crippen LogP contribution in [0.25, 0.3) is 0 Å². The van der Waals surface area contributed by atoms with Crippen LogP contribution in [0.15, 0.2) is 53.1 Å². The predicted octanol–water partition coefficient (Wildman–Crippen LogP) is 3.63.